The van der Waals surface area contributed by atoms with Crippen molar-refractivity contribution in [2.45, 2.75) is 46.4 Å². The van der Waals surface area contributed by atoms with E-state index in [1.54, 1.807) is 17.7 Å². The van der Waals surface area contributed by atoms with Gasteiger partial charge in [-0.2, -0.15) is 0 Å². The van der Waals surface area contributed by atoms with Gasteiger partial charge < -0.3 is 0 Å². The first kappa shape index (κ1) is 18.7. The van der Waals surface area contributed by atoms with E-state index < -0.39 is 23.2 Å². The summed E-state index contributed by atoms with van der Waals surface area (Å²) in [6.07, 6.45) is 7.30. The molecule has 0 radical (unpaired) electrons. The van der Waals surface area contributed by atoms with Crippen LogP contribution in [0.25, 0.3) is 0 Å². The van der Waals surface area contributed by atoms with Crippen LogP contribution in [0.1, 0.15) is 46.1 Å². The van der Waals surface area contributed by atoms with Crippen LogP contribution in [-0.4, -0.2) is 0 Å². The van der Waals surface area contributed by atoms with Crippen LogP contribution in [-0.2, 0) is 29.1 Å². The molecule has 1 aromatic rings. The van der Waals surface area contributed by atoms with Crippen LogP contribution in [0.3, 0.4) is 0 Å². The van der Waals surface area contributed by atoms with Crippen molar-refractivity contribution in [1.82, 2.24) is 0 Å². The second-order valence-electron chi connectivity index (χ2n) is 6.13. The fraction of sp³-hybridized carbons (Fsp3) is 0.333. The van der Waals surface area contributed by atoms with Gasteiger partial charge >= 0.3 is 105 Å². The number of hydrogen-bond donors (Lipinski definition) is 0. The molecular formula is C21H25ClZr. The van der Waals surface area contributed by atoms with Crippen molar-refractivity contribution in [2.75, 3.05) is 0 Å². The van der Waals surface area contributed by atoms with Gasteiger partial charge in [0, 0.05) is 5.88 Å². The zero-order chi connectivity index (χ0) is 16.8. The van der Waals surface area contributed by atoms with Crippen molar-refractivity contribution < 1.29 is 23.2 Å². The standard InChI is InChI=1S/C7H7Cl.2C7H9.Zr/c8-6-7-4-2-1-3-5-7;2*1-6-4-3-5-7(6)2;/h1-5H,6H2;2*4H,3H2,1-2H3;. The average molecular weight is 404 g/mol. The van der Waals surface area contributed by atoms with Gasteiger partial charge in [0.15, 0.2) is 0 Å². The predicted octanol–water partition coefficient (Wildman–Crippen LogP) is 6.74. The quantitative estimate of drug-likeness (QED) is 0.490. The Balaban J connectivity index is 0.000000203. The minimum absolute atomic E-state index is 0.438. The minimum Gasteiger partial charge on any atom is -0.122 e. The summed E-state index contributed by atoms with van der Waals surface area (Å²) in [6, 6.07) is 9.96. The molecule has 0 heterocycles. The molecule has 2 aliphatic rings. The molecular weight excluding hydrogens is 379 g/mol. The van der Waals surface area contributed by atoms with Gasteiger partial charge in [-0.05, 0) is 5.56 Å². The minimum atomic E-state index is -0.438. The molecule has 0 aliphatic heterocycles. The third-order valence-corrected chi connectivity index (χ3v) is 9.25. The first-order valence-corrected chi connectivity index (χ1v) is 11.1. The Morgan fingerprint density at radius 3 is 1.61 bits per heavy atom. The number of allylic oxidation sites excluding steroid dienone is 8. The van der Waals surface area contributed by atoms with E-state index >= 15 is 0 Å². The van der Waals surface area contributed by atoms with E-state index in [1.807, 2.05) is 30.3 Å². The Bertz CT molecular complexity index is 635. The molecule has 1 aromatic carbocycles. The smallest absolute Gasteiger partial charge is 0.0474 e. The maximum absolute atomic E-state index is 5.53. The van der Waals surface area contributed by atoms with E-state index in [0.29, 0.717) is 5.88 Å². The molecule has 0 atom stereocenters. The van der Waals surface area contributed by atoms with Crippen LogP contribution < -0.4 is 0 Å². The molecule has 0 spiro atoms. The topological polar surface area (TPSA) is 0 Å². The summed E-state index contributed by atoms with van der Waals surface area (Å²) in [6.45, 7) is 9.11. The molecule has 23 heavy (non-hydrogen) atoms. The largest absolute Gasteiger partial charge is 0.122 e. The van der Waals surface area contributed by atoms with Gasteiger partial charge in [0.2, 0.25) is 0 Å². The van der Waals surface area contributed by atoms with E-state index in [4.69, 9.17) is 11.6 Å². The Kier molecular flexibility index (Phi) is 7.31. The van der Waals surface area contributed by atoms with Crippen molar-refractivity contribution in [3.63, 3.8) is 0 Å². The molecule has 0 aromatic heterocycles. The maximum Gasteiger partial charge on any atom is 0.0474 e. The van der Waals surface area contributed by atoms with Crippen LogP contribution in [0.5, 0.6) is 0 Å². The normalized spacial score (nSPS) is 16.9. The molecule has 2 heteroatoms. The number of halogens is 1. The van der Waals surface area contributed by atoms with E-state index in [1.165, 1.54) is 29.6 Å². The summed E-state index contributed by atoms with van der Waals surface area (Å²) in [7, 11) is 0. The fourth-order valence-corrected chi connectivity index (χ4v) is 6.61. The Morgan fingerprint density at radius 2 is 1.30 bits per heavy atom. The first-order chi connectivity index (χ1) is 11.0. The molecule has 0 amide bonds. The molecule has 0 unspecified atom stereocenters. The van der Waals surface area contributed by atoms with Crippen molar-refractivity contribution >= 4 is 11.6 Å². The molecule has 0 saturated carbocycles. The van der Waals surface area contributed by atoms with Gasteiger partial charge in [0.1, 0.15) is 0 Å². The van der Waals surface area contributed by atoms with Crippen molar-refractivity contribution in [3.05, 3.63) is 76.9 Å². The molecule has 2 aliphatic carbocycles. The molecule has 0 bridgehead atoms. The number of hydrogen-bond acceptors (Lipinski definition) is 0. The number of rotatable bonds is 3. The summed E-state index contributed by atoms with van der Waals surface area (Å²) in [5.74, 6) is 0.612. The molecule has 0 nitrogen and oxygen atoms in total. The van der Waals surface area contributed by atoms with Gasteiger partial charge in [-0.3, -0.25) is 0 Å². The summed E-state index contributed by atoms with van der Waals surface area (Å²) in [5, 5.41) is 0. The molecule has 0 N–H and O–H groups in total. The van der Waals surface area contributed by atoms with Crippen molar-refractivity contribution in [3.8, 4) is 0 Å². The third-order valence-electron chi connectivity index (χ3n) is 4.61. The van der Waals surface area contributed by atoms with E-state index in [9.17, 15) is 0 Å². The average Bonchev–Trinajstić information content (AvgIpc) is 3.07. The maximum atomic E-state index is 5.53. The fourth-order valence-electron chi connectivity index (χ4n) is 2.64. The predicted molar refractivity (Wildman–Crippen MR) is 98.1 cm³/mol. The monoisotopic (exact) mass is 402 g/mol. The number of alkyl halides is 1. The zero-order valence-electron chi connectivity index (χ0n) is 14.5. The van der Waals surface area contributed by atoms with E-state index in [-0.39, 0.29) is 0 Å². The van der Waals surface area contributed by atoms with Crippen LogP contribution in [0.15, 0.2) is 71.3 Å². The zero-order valence-corrected chi connectivity index (χ0v) is 17.8. The molecule has 0 fully saturated rings. The Morgan fingerprint density at radius 1 is 0.826 bits per heavy atom. The van der Waals surface area contributed by atoms with E-state index in [0.717, 1.165) is 0 Å². The van der Waals surface area contributed by atoms with Gasteiger partial charge in [0.25, 0.3) is 0 Å². The van der Waals surface area contributed by atoms with E-state index in [2.05, 4.69) is 39.8 Å². The van der Waals surface area contributed by atoms with Crippen molar-refractivity contribution in [1.29, 1.82) is 0 Å². The Labute approximate surface area is 157 Å². The second kappa shape index (κ2) is 9.00. The summed E-state index contributed by atoms with van der Waals surface area (Å²) in [4.78, 5) is 0. The van der Waals surface area contributed by atoms with Gasteiger partial charge in [0.05, 0.1) is 0 Å². The third kappa shape index (κ3) is 5.16. The van der Waals surface area contributed by atoms with Crippen LogP contribution >= 0.6 is 11.6 Å². The second-order valence-corrected chi connectivity index (χ2v) is 9.98. The molecule has 3 rings (SSSR count). The van der Waals surface area contributed by atoms with Gasteiger partial charge in [-0.1, -0.05) is 30.3 Å². The summed E-state index contributed by atoms with van der Waals surface area (Å²) in [5.41, 5.74) is 7.42. The van der Waals surface area contributed by atoms with Crippen LogP contribution in [0.4, 0.5) is 0 Å². The van der Waals surface area contributed by atoms with Gasteiger partial charge in [-0.15, -0.1) is 11.6 Å². The molecule has 0 saturated heterocycles. The molecule has 120 valence electrons. The van der Waals surface area contributed by atoms with Crippen LogP contribution in [0.2, 0.25) is 0 Å². The van der Waals surface area contributed by atoms with Crippen molar-refractivity contribution in [2.24, 2.45) is 0 Å². The SMILES string of the molecule is CC1=CC[C]([Zr][C]2=C(C)C(C)=CC2)=C1C.ClCc1ccccc1. The first-order valence-electron chi connectivity index (χ1n) is 8.13. The Hall–Kier alpha value is -0.647. The van der Waals surface area contributed by atoms with Gasteiger partial charge in [-0.25, -0.2) is 0 Å². The van der Waals surface area contributed by atoms with Crippen LogP contribution in [0, 0.1) is 0 Å². The summed E-state index contributed by atoms with van der Waals surface area (Å²) < 4.78 is 3.60. The summed E-state index contributed by atoms with van der Waals surface area (Å²) >= 11 is 5.09. The number of benzene rings is 1.